The molecule has 0 spiro atoms. The maximum atomic E-state index is 10.0. The molecule has 1 fully saturated rings. The molecule has 0 aromatic carbocycles. The van der Waals surface area contributed by atoms with Gasteiger partial charge in [0.15, 0.2) is 0 Å². The molecule has 0 aliphatic heterocycles. The smallest absolute Gasteiger partial charge is 0.0797 e. The number of allylic oxidation sites excluding steroid dienone is 1. The van der Waals surface area contributed by atoms with Crippen LogP contribution in [0.2, 0.25) is 0 Å². The normalized spacial score (nSPS) is 31.9. The maximum Gasteiger partial charge on any atom is 0.0797 e. The monoisotopic (exact) mass is 236 g/mol. The lowest BCUT2D eigenvalue weighted by molar-refractivity contribution is 0.0614. The SMILES string of the molecule is C=CC(C)(O)CCC1C(=C)CC[C@H](C)C1(C)C. The molecule has 1 saturated carbocycles. The standard InChI is InChI=1S/C16H28O/c1-7-16(6,17)11-10-14-12(2)8-9-13(3)15(14,4)5/h7,13-14,17H,1-2,8-11H2,3-6H3/t13-,14?,16?/m0/s1. The van der Waals surface area contributed by atoms with Gasteiger partial charge in [-0.15, -0.1) is 6.58 Å². The fraction of sp³-hybridized carbons (Fsp3) is 0.750. The number of rotatable bonds is 4. The van der Waals surface area contributed by atoms with Crippen molar-refractivity contribution in [3.8, 4) is 0 Å². The molecule has 0 saturated heterocycles. The molecule has 1 aliphatic rings. The molecular formula is C16H28O. The second kappa shape index (κ2) is 4.97. The van der Waals surface area contributed by atoms with Gasteiger partial charge in [-0.2, -0.15) is 0 Å². The Labute approximate surface area is 107 Å². The van der Waals surface area contributed by atoms with E-state index in [1.165, 1.54) is 12.0 Å². The summed E-state index contributed by atoms with van der Waals surface area (Å²) in [6.07, 6.45) is 5.83. The van der Waals surface area contributed by atoms with Crippen molar-refractivity contribution in [3.05, 3.63) is 24.8 Å². The lowest BCUT2D eigenvalue weighted by atomic mass is 9.59. The summed E-state index contributed by atoms with van der Waals surface area (Å²) in [5.41, 5.74) is 0.928. The van der Waals surface area contributed by atoms with Crippen LogP contribution in [0.3, 0.4) is 0 Å². The van der Waals surface area contributed by atoms with E-state index in [0.29, 0.717) is 11.3 Å². The minimum absolute atomic E-state index is 0.298. The highest BCUT2D eigenvalue weighted by molar-refractivity contribution is 5.11. The van der Waals surface area contributed by atoms with Crippen molar-refractivity contribution in [1.82, 2.24) is 0 Å². The summed E-state index contributed by atoms with van der Waals surface area (Å²) in [5.74, 6) is 1.25. The van der Waals surface area contributed by atoms with Crippen molar-refractivity contribution in [2.75, 3.05) is 0 Å². The molecule has 0 aromatic heterocycles. The summed E-state index contributed by atoms with van der Waals surface area (Å²) < 4.78 is 0. The summed E-state index contributed by atoms with van der Waals surface area (Å²) >= 11 is 0. The summed E-state index contributed by atoms with van der Waals surface area (Å²) in [5, 5.41) is 10.0. The molecule has 0 radical (unpaired) electrons. The Kier molecular flexibility index (Phi) is 4.24. The highest BCUT2D eigenvalue weighted by Crippen LogP contribution is 2.49. The van der Waals surface area contributed by atoms with Crippen LogP contribution in [0.4, 0.5) is 0 Å². The zero-order valence-electron chi connectivity index (χ0n) is 11.9. The van der Waals surface area contributed by atoms with Gasteiger partial charge >= 0.3 is 0 Å². The van der Waals surface area contributed by atoms with Gasteiger partial charge in [-0.05, 0) is 49.9 Å². The van der Waals surface area contributed by atoms with Crippen molar-refractivity contribution >= 4 is 0 Å². The van der Waals surface area contributed by atoms with E-state index in [9.17, 15) is 5.11 Å². The van der Waals surface area contributed by atoms with Gasteiger partial charge < -0.3 is 5.11 Å². The summed E-state index contributed by atoms with van der Waals surface area (Å²) in [4.78, 5) is 0. The molecule has 98 valence electrons. The number of hydrogen-bond donors (Lipinski definition) is 1. The van der Waals surface area contributed by atoms with E-state index in [-0.39, 0.29) is 0 Å². The Morgan fingerprint density at radius 2 is 2.12 bits per heavy atom. The minimum Gasteiger partial charge on any atom is -0.386 e. The third-order valence-corrected chi connectivity index (χ3v) is 4.94. The highest BCUT2D eigenvalue weighted by Gasteiger charge is 2.39. The average molecular weight is 236 g/mol. The van der Waals surface area contributed by atoms with Crippen LogP contribution >= 0.6 is 0 Å². The van der Waals surface area contributed by atoms with Gasteiger partial charge in [-0.3, -0.25) is 0 Å². The molecule has 0 amide bonds. The van der Waals surface area contributed by atoms with Crippen LogP contribution in [0.15, 0.2) is 24.8 Å². The van der Waals surface area contributed by atoms with E-state index in [1.54, 1.807) is 6.08 Å². The van der Waals surface area contributed by atoms with E-state index >= 15 is 0 Å². The maximum absolute atomic E-state index is 10.0. The summed E-state index contributed by atoms with van der Waals surface area (Å²) in [6, 6.07) is 0. The van der Waals surface area contributed by atoms with Crippen LogP contribution < -0.4 is 0 Å². The van der Waals surface area contributed by atoms with E-state index in [1.807, 2.05) is 6.92 Å². The molecule has 1 nitrogen and oxygen atoms in total. The molecular weight excluding hydrogens is 208 g/mol. The molecule has 0 aromatic rings. The second-order valence-corrected chi connectivity index (χ2v) is 6.57. The van der Waals surface area contributed by atoms with Crippen LogP contribution in [0.25, 0.3) is 0 Å². The molecule has 0 bridgehead atoms. The number of hydrogen-bond acceptors (Lipinski definition) is 1. The van der Waals surface area contributed by atoms with Crippen LogP contribution in [-0.4, -0.2) is 10.7 Å². The van der Waals surface area contributed by atoms with Crippen LogP contribution in [-0.2, 0) is 0 Å². The lowest BCUT2D eigenvalue weighted by Gasteiger charge is -2.46. The zero-order chi connectivity index (χ0) is 13.3. The first-order valence-corrected chi connectivity index (χ1v) is 6.74. The Hall–Kier alpha value is -0.560. The molecule has 0 heterocycles. The lowest BCUT2D eigenvalue weighted by Crippen LogP contribution is -2.37. The predicted molar refractivity (Wildman–Crippen MR) is 74.9 cm³/mol. The van der Waals surface area contributed by atoms with E-state index < -0.39 is 5.60 Å². The van der Waals surface area contributed by atoms with E-state index in [2.05, 4.69) is 33.9 Å². The van der Waals surface area contributed by atoms with Gasteiger partial charge in [-0.25, -0.2) is 0 Å². The van der Waals surface area contributed by atoms with Gasteiger partial charge in [0.25, 0.3) is 0 Å². The fourth-order valence-corrected chi connectivity index (χ4v) is 2.93. The van der Waals surface area contributed by atoms with E-state index in [4.69, 9.17) is 0 Å². The fourth-order valence-electron chi connectivity index (χ4n) is 2.93. The topological polar surface area (TPSA) is 20.2 Å². The highest BCUT2D eigenvalue weighted by atomic mass is 16.3. The second-order valence-electron chi connectivity index (χ2n) is 6.57. The Bertz CT molecular complexity index is 299. The molecule has 2 unspecified atom stereocenters. The summed E-state index contributed by atoms with van der Waals surface area (Å²) in [6.45, 7) is 16.8. The largest absolute Gasteiger partial charge is 0.386 e. The average Bonchev–Trinajstić information content (AvgIpc) is 2.23. The van der Waals surface area contributed by atoms with Crippen LogP contribution in [0, 0.1) is 17.3 Å². The van der Waals surface area contributed by atoms with Gasteiger partial charge in [0.2, 0.25) is 0 Å². The van der Waals surface area contributed by atoms with Crippen molar-refractivity contribution in [2.45, 2.75) is 59.0 Å². The predicted octanol–water partition coefficient (Wildman–Crippen LogP) is 4.33. The number of aliphatic hydroxyl groups is 1. The van der Waals surface area contributed by atoms with Crippen LogP contribution in [0.5, 0.6) is 0 Å². The molecule has 1 rings (SSSR count). The van der Waals surface area contributed by atoms with Gasteiger partial charge in [0.05, 0.1) is 5.60 Å². The third kappa shape index (κ3) is 3.22. The molecule has 1 heteroatoms. The first kappa shape index (κ1) is 14.5. The summed E-state index contributed by atoms with van der Waals surface area (Å²) in [7, 11) is 0. The van der Waals surface area contributed by atoms with Crippen molar-refractivity contribution in [1.29, 1.82) is 0 Å². The van der Waals surface area contributed by atoms with E-state index in [0.717, 1.165) is 25.2 Å². The Morgan fingerprint density at radius 3 is 2.65 bits per heavy atom. The molecule has 17 heavy (non-hydrogen) atoms. The minimum atomic E-state index is -0.739. The quantitative estimate of drug-likeness (QED) is 0.720. The first-order chi connectivity index (χ1) is 7.70. The molecule has 3 atom stereocenters. The van der Waals surface area contributed by atoms with Crippen molar-refractivity contribution < 1.29 is 5.11 Å². The van der Waals surface area contributed by atoms with Crippen molar-refractivity contribution in [3.63, 3.8) is 0 Å². The molecule has 1 N–H and O–H groups in total. The van der Waals surface area contributed by atoms with Crippen LogP contribution in [0.1, 0.15) is 53.4 Å². The van der Waals surface area contributed by atoms with Gasteiger partial charge in [0.1, 0.15) is 0 Å². The zero-order valence-corrected chi connectivity index (χ0v) is 11.9. The third-order valence-electron chi connectivity index (χ3n) is 4.94. The Balaban J connectivity index is 2.73. The molecule has 1 aliphatic carbocycles. The van der Waals surface area contributed by atoms with Gasteiger partial charge in [0, 0.05) is 0 Å². The van der Waals surface area contributed by atoms with Crippen molar-refractivity contribution in [2.24, 2.45) is 17.3 Å². The Morgan fingerprint density at radius 1 is 1.53 bits per heavy atom. The first-order valence-electron chi connectivity index (χ1n) is 6.74. The van der Waals surface area contributed by atoms with Gasteiger partial charge in [-0.1, -0.05) is 39.0 Å².